The molecule has 0 fully saturated rings. The summed E-state index contributed by atoms with van der Waals surface area (Å²) >= 11 is 0. The minimum Gasteiger partial charge on any atom is -0.496 e. The molecule has 4 aromatic rings. The Balaban J connectivity index is 1.61. The number of para-hydroxylation sites is 1. The van der Waals surface area contributed by atoms with Gasteiger partial charge in [-0.1, -0.05) is 12.1 Å². The third-order valence-electron chi connectivity index (χ3n) is 5.39. The normalized spacial score (nSPS) is 14.9. The molecule has 1 aliphatic heterocycles. The standard InChI is InChI=1S/C24H21N7O2/c1-15-20(23(32)28-17-6-5-11-26-14-17)21(16-9-12-25-13-10-16)31-24(27-15)29-22(30-31)18-7-3-4-8-19(18)33-2/h3-14,21H,1-2H3,(H,28,32)(H,27,29,30)/t21-/m1/s1. The van der Waals surface area contributed by atoms with Gasteiger partial charge in [-0.3, -0.25) is 14.8 Å². The van der Waals surface area contributed by atoms with E-state index in [2.05, 4.69) is 20.6 Å². The van der Waals surface area contributed by atoms with Gasteiger partial charge in [0.1, 0.15) is 11.8 Å². The van der Waals surface area contributed by atoms with Crippen molar-refractivity contribution in [1.82, 2.24) is 24.7 Å². The van der Waals surface area contributed by atoms with E-state index in [4.69, 9.17) is 14.8 Å². The summed E-state index contributed by atoms with van der Waals surface area (Å²) in [6, 6.07) is 14.4. The molecule has 0 bridgehead atoms. The Morgan fingerprint density at radius 3 is 2.64 bits per heavy atom. The summed E-state index contributed by atoms with van der Waals surface area (Å²) in [6.45, 7) is 1.85. The van der Waals surface area contributed by atoms with Gasteiger partial charge in [-0.25, -0.2) is 4.68 Å². The molecule has 33 heavy (non-hydrogen) atoms. The van der Waals surface area contributed by atoms with E-state index < -0.39 is 6.04 Å². The quantitative estimate of drug-likeness (QED) is 0.489. The van der Waals surface area contributed by atoms with E-state index in [-0.39, 0.29) is 5.91 Å². The van der Waals surface area contributed by atoms with Crippen LogP contribution in [0, 0.1) is 0 Å². The van der Waals surface area contributed by atoms with Crippen LogP contribution >= 0.6 is 0 Å². The summed E-state index contributed by atoms with van der Waals surface area (Å²) in [4.78, 5) is 26.3. The number of nitrogens with zero attached hydrogens (tertiary/aromatic N) is 5. The number of carbonyl (C=O) groups is 1. The Labute approximate surface area is 190 Å². The van der Waals surface area contributed by atoms with Crippen LogP contribution < -0.4 is 15.4 Å². The molecule has 4 heterocycles. The fraction of sp³-hybridized carbons (Fsp3) is 0.125. The average Bonchev–Trinajstić information content (AvgIpc) is 3.27. The third-order valence-corrected chi connectivity index (χ3v) is 5.39. The lowest BCUT2D eigenvalue weighted by atomic mass is 9.96. The van der Waals surface area contributed by atoms with E-state index in [0.717, 1.165) is 11.1 Å². The van der Waals surface area contributed by atoms with Crippen LogP contribution in [-0.4, -0.2) is 37.7 Å². The van der Waals surface area contributed by atoms with Gasteiger partial charge in [0.05, 0.1) is 30.1 Å². The highest BCUT2D eigenvalue weighted by atomic mass is 16.5. The minimum absolute atomic E-state index is 0.255. The Bertz CT molecular complexity index is 1330. The predicted molar refractivity (Wildman–Crippen MR) is 124 cm³/mol. The monoisotopic (exact) mass is 439 g/mol. The maximum absolute atomic E-state index is 13.4. The highest BCUT2D eigenvalue weighted by Crippen LogP contribution is 2.37. The maximum Gasteiger partial charge on any atom is 0.255 e. The summed E-state index contributed by atoms with van der Waals surface area (Å²) in [5, 5.41) is 11.0. The summed E-state index contributed by atoms with van der Waals surface area (Å²) in [5.74, 6) is 1.44. The molecule has 0 radical (unpaired) electrons. The third kappa shape index (κ3) is 3.80. The number of benzene rings is 1. The van der Waals surface area contributed by atoms with Crippen molar-refractivity contribution in [2.24, 2.45) is 0 Å². The second-order valence-corrected chi connectivity index (χ2v) is 7.45. The van der Waals surface area contributed by atoms with Gasteiger partial charge in [-0.15, -0.1) is 5.10 Å². The summed E-state index contributed by atoms with van der Waals surface area (Å²) < 4.78 is 7.22. The van der Waals surface area contributed by atoms with Crippen molar-refractivity contribution >= 4 is 17.5 Å². The van der Waals surface area contributed by atoms with Gasteiger partial charge in [0.25, 0.3) is 5.91 Å². The lowest BCUT2D eigenvalue weighted by Gasteiger charge is -2.28. The molecule has 2 N–H and O–H groups in total. The summed E-state index contributed by atoms with van der Waals surface area (Å²) in [7, 11) is 1.61. The van der Waals surface area contributed by atoms with E-state index in [0.29, 0.717) is 34.5 Å². The molecule has 1 atom stereocenters. The van der Waals surface area contributed by atoms with Crippen molar-refractivity contribution in [3.8, 4) is 17.1 Å². The van der Waals surface area contributed by atoms with Crippen LogP contribution in [0.15, 0.2) is 84.6 Å². The van der Waals surface area contributed by atoms with Crippen LogP contribution in [-0.2, 0) is 4.79 Å². The van der Waals surface area contributed by atoms with E-state index in [1.165, 1.54) is 0 Å². The van der Waals surface area contributed by atoms with Gasteiger partial charge in [0.2, 0.25) is 5.95 Å². The Morgan fingerprint density at radius 1 is 1.06 bits per heavy atom. The van der Waals surface area contributed by atoms with Gasteiger partial charge < -0.3 is 15.4 Å². The number of amides is 1. The molecule has 1 amide bonds. The molecule has 0 saturated heterocycles. The van der Waals surface area contributed by atoms with Gasteiger partial charge >= 0.3 is 0 Å². The number of rotatable bonds is 5. The second kappa shape index (κ2) is 8.54. The number of methoxy groups -OCH3 is 1. The Hall–Kier alpha value is -4.53. The van der Waals surface area contributed by atoms with Crippen LogP contribution in [0.1, 0.15) is 18.5 Å². The SMILES string of the molecule is COc1ccccc1-c1nc2n(n1)[C@H](c1ccncc1)C(C(=O)Nc1cccnc1)=C(C)N2. The molecule has 0 unspecified atom stereocenters. The molecule has 3 aromatic heterocycles. The zero-order chi connectivity index (χ0) is 22.8. The van der Waals surface area contributed by atoms with Crippen LogP contribution in [0.4, 0.5) is 11.6 Å². The van der Waals surface area contributed by atoms with Gasteiger partial charge in [0, 0.05) is 24.3 Å². The van der Waals surface area contributed by atoms with E-state index >= 15 is 0 Å². The first kappa shape index (κ1) is 20.4. The molecule has 164 valence electrons. The molecule has 1 aromatic carbocycles. The van der Waals surface area contributed by atoms with Crippen molar-refractivity contribution in [3.63, 3.8) is 0 Å². The number of fused-ring (bicyclic) bond motifs is 1. The molecular formula is C24H21N7O2. The molecular weight excluding hydrogens is 418 g/mol. The van der Waals surface area contributed by atoms with Crippen LogP contribution in [0.25, 0.3) is 11.4 Å². The zero-order valence-electron chi connectivity index (χ0n) is 18.1. The molecule has 1 aliphatic rings. The molecule has 9 nitrogen and oxygen atoms in total. The first-order valence-corrected chi connectivity index (χ1v) is 10.3. The largest absolute Gasteiger partial charge is 0.496 e. The molecule has 0 spiro atoms. The van der Waals surface area contributed by atoms with Crippen molar-refractivity contribution in [2.75, 3.05) is 17.7 Å². The maximum atomic E-state index is 13.4. The molecule has 9 heteroatoms. The van der Waals surface area contributed by atoms with Crippen LogP contribution in [0.3, 0.4) is 0 Å². The van der Waals surface area contributed by atoms with E-state index in [1.54, 1.807) is 48.7 Å². The zero-order valence-corrected chi connectivity index (χ0v) is 18.1. The Morgan fingerprint density at radius 2 is 1.88 bits per heavy atom. The topological polar surface area (TPSA) is 107 Å². The number of anilines is 2. The van der Waals surface area contributed by atoms with Gasteiger partial charge in [-0.2, -0.15) is 4.98 Å². The highest BCUT2D eigenvalue weighted by molar-refractivity contribution is 6.05. The second-order valence-electron chi connectivity index (χ2n) is 7.45. The van der Waals surface area contributed by atoms with Crippen molar-refractivity contribution in [1.29, 1.82) is 0 Å². The fourth-order valence-electron chi connectivity index (χ4n) is 3.88. The molecule has 5 rings (SSSR count). The number of ether oxygens (including phenoxy) is 1. The first-order chi connectivity index (χ1) is 16.2. The van der Waals surface area contributed by atoms with Crippen LogP contribution in [0.2, 0.25) is 0 Å². The lowest BCUT2D eigenvalue weighted by molar-refractivity contribution is -0.113. The number of hydrogen-bond donors (Lipinski definition) is 2. The molecule has 0 saturated carbocycles. The summed E-state index contributed by atoms with van der Waals surface area (Å²) in [6.07, 6.45) is 6.65. The van der Waals surface area contributed by atoms with Crippen molar-refractivity contribution in [2.45, 2.75) is 13.0 Å². The fourth-order valence-corrected chi connectivity index (χ4v) is 3.88. The number of allylic oxidation sites excluding steroid dienone is 1. The van der Waals surface area contributed by atoms with Gasteiger partial charge in [-0.05, 0) is 48.9 Å². The Kier molecular flexibility index (Phi) is 5.27. The minimum atomic E-state index is -0.503. The number of carbonyl (C=O) groups excluding carboxylic acids is 1. The summed E-state index contributed by atoms with van der Waals surface area (Å²) in [5.41, 5.74) is 3.44. The van der Waals surface area contributed by atoms with Gasteiger partial charge in [0.15, 0.2) is 5.82 Å². The lowest BCUT2D eigenvalue weighted by Crippen LogP contribution is -2.31. The number of hydrogen-bond acceptors (Lipinski definition) is 7. The predicted octanol–water partition coefficient (Wildman–Crippen LogP) is 3.67. The smallest absolute Gasteiger partial charge is 0.255 e. The average molecular weight is 439 g/mol. The number of aromatic nitrogens is 5. The first-order valence-electron chi connectivity index (χ1n) is 10.3. The van der Waals surface area contributed by atoms with E-state index in [9.17, 15) is 4.79 Å². The highest BCUT2D eigenvalue weighted by Gasteiger charge is 2.34. The van der Waals surface area contributed by atoms with Crippen LogP contribution in [0.5, 0.6) is 5.75 Å². The van der Waals surface area contributed by atoms with Crippen molar-refractivity contribution in [3.05, 3.63) is 90.2 Å². The van der Waals surface area contributed by atoms with Crippen molar-refractivity contribution < 1.29 is 9.53 Å². The van der Waals surface area contributed by atoms with E-state index in [1.807, 2.05) is 43.3 Å². The number of nitrogens with one attached hydrogen (secondary N) is 2. The molecule has 0 aliphatic carbocycles. The number of pyridine rings is 2.